The number of hydrogen-bond donors (Lipinski definition) is 1. The minimum absolute atomic E-state index is 0.448. The lowest BCUT2D eigenvalue weighted by molar-refractivity contribution is -0.113. The fourth-order valence-electron chi connectivity index (χ4n) is 1.20. The zero-order valence-corrected chi connectivity index (χ0v) is 10.2. The van der Waals surface area contributed by atoms with E-state index in [2.05, 4.69) is 4.90 Å². The number of ether oxygens (including phenoxy) is 1. The van der Waals surface area contributed by atoms with Gasteiger partial charge in [0.25, 0.3) is 0 Å². The Hall–Kier alpha value is -1.81. The topological polar surface area (TPSA) is 55.6 Å². The number of likely N-dealkylation sites (N-methyl/N-ethyl adjacent to an activating group) is 1. The van der Waals surface area contributed by atoms with Crippen molar-refractivity contribution in [3.05, 3.63) is 35.9 Å². The zero-order chi connectivity index (χ0) is 12.7. The van der Waals surface area contributed by atoms with Crippen LogP contribution in [0.3, 0.4) is 0 Å². The molecule has 0 unspecified atom stereocenters. The summed E-state index contributed by atoms with van der Waals surface area (Å²) in [6.07, 6.45) is 3.01. The molecule has 0 saturated heterocycles. The molecule has 0 fully saturated rings. The Kier molecular flexibility index (Phi) is 5.23. The van der Waals surface area contributed by atoms with Crippen molar-refractivity contribution in [2.75, 3.05) is 27.2 Å². The van der Waals surface area contributed by atoms with Crippen molar-refractivity contribution in [1.82, 2.24) is 4.90 Å². The van der Waals surface area contributed by atoms with Gasteiger partial charge in [-0.15, -0.1) is 0 Å². The van der Waals surface area contributed by atoms with Gasteiger partial charge in [0.15, 0.2) is 0 Å². The second-order valence-corrected chi connectivity index (χ2v) is 3.96. The quantitative estimate of drug-likeness (QED) is 0.751. The number of carbonyl (C=O) groups is 1. The van der Waals surface area contributed by atoms with Gasteiger partial charge in [-0.1, -0.05) is 12.1 Å². The highest BCUT2D eigenvalue weighted by Crippen LogP contribution is 2.12. The van der Waals surface area contributed by atoms with Gasteiger partial charge in [0.2, 0.25) is 5.91 Å². The summed E-state index contributed by atoms with van der Waals surface area (Å²) in [5, 5.41) is 0. The summed E-state index contributed by atoms with van der Waals surface area (Å²) >= 11 is 0. The van der Waals surface area contributed by atoms with Crippen molar-refractivity contribution in [1.29, 1.82) is 0 Å². The molecule has 0 saturated carbocycles. The summed E-state index contributed by atoms with van der Waals surface area (Å²) in [6.45, 7) is 1.53. The average molecular weight is 234 g/mol. The van der Waals surface area contributed by atoms with E-state index in [9.17, 15) is 4.79 Å². The standard InChI is InChI=1S/C13H18N2O2/c1-15(2)9-10-17-12-6-3-11(4-7-12)5-8-13(14)16/h3-8H,9-10H2,1-2H3,(H2,14,16). The molecule has 4 heteroatoms. The fourth-order valence-corrected chi connectivity index (χ4v) is 1.20. The highest BCUT2D eigenvalue weighted by molar-refractivity contribution is 5.90. The zero-order valence-electron chi connectivity index (χ0n) is 10.2. The Bertz CT molecular complexity index is 383. The molecule has 0 bridgehead atoms. The molecule has 92 valence electrons. The molecule has 0 aliphatic rings. The highest BCUT2D eigenvalue weighted by atomic mass is 16.5. The largest absolute Gasteiger partial charge is 0.492 e. The van der Waals surface area contributed by atoms with Gasteiger partial charge in [0, 0.05) is 12.6 Å². The number of nitrogens with two attached hydrogens (primary N) is 1. The van der Waals surface area contributed by atoms with Gasteiger partial charge in [-0.3, -0.25) is 4.79 Å². The number of amides is 1. The molecular formula is C13H18N2O2. The van der Waals surface area contributed by atoms with E-state index in [1.54, 1.807) is 6.08 Å². The molecule has 0 heterocycles. The molecule has 0 aliphatic carbocycles. The van der Waals surface area contributed by atoms with Crippen molar-refractivity contribution < 1.29 is 9.53 Å². The van der Waals surface area contributed by atoms with Gasteiger partial charge in [-0.05, 0) is 37.9 Å². The molecule has 1 rings (SSSR count). The number of rotatable bonds is 6. The van der Waals surface area contributed by atoms with Gasteiger partial charge < -0.3 is 15.4 Å². The minimum atomic E-state index is -0.448. The van der Waals surface area contributed by atoms with Crippen LogP contribution in [0.15, 0.2) is 30.3 Å². The van der Waals surface area contributed by atoms with Crippen LogP contribution >= 0.6 is 0 Å². The Morgan fingerprint density at radius 1 is 1.35 bits per heavy atom. The van der Waals surface area contributed by atoms with Crippen LogP contribution in [0.25, 0.3) is 6.08 Å². The third-order valence-corrected chi connectivity index (χ3v) is 2.13. The van der Waals surface area contributed by atoms with Gasteiger partial charge in [0.1, 0.15) is 12.4 Å². The normalized spacial score (nSPS) is 11.0. The van der Waals surface area contributed by atoms with E-state index in [0.29, 0.717) is 6.61 Å². The molecule has 0 aromatic heterocycles. The molecule has 1 aromatic carbocycles. The number of primary amides is 1. The first kappa shape index (κ1) is 13.3. The third kappa shape index (κ3) is 5.73. The predicted octanol–water partition coefficient (Wildman–Crippen LogP) is 1.13. The lowest BCUT2D eigenvalue weighted by Gasteiger charge is -2.10. The Labute approximate surface area is 102 Å². The maximum absolute atomic E-state index is 10.6. The highest BCUT2D eigenvalue weighted by Gasteiger charge is 1.95. The molecule has 17 heavy (non-hydrogen) atoms. The molecular weight excluding hydrogens is 216 g/mol. The summed E-state index contributed by atoms with van der Waals surface area (Å²) in [7, 11) is 4.00. The van der Waals surface area contributed by atoms with E-state index in [-0.39, 0.29) is 0 Å². The summed E-state index contributed by atoms with van der Waals surface area (Å²) < 4.78 is 5.54. The van der Waals surface area contributed by atoms with Gasteiger partial charge in [-0.2, -0.15) is 0 Å². The van der Waals surface area contributed by atoms with Crippen LogP contribution in [0, 0.1) is 0 Å². The lowest BCUT2D eigenvalue weighted by atomic mass is 10.2. The first-order valence-electron chi connectivity index (χ1n) is 5.43. The van der Waals surface area contributed by atoms with Crippen LogP contribution in [-0.2, 0) is 4.79 Å². The number of hydrogen-bond acceptors (Lipinski definition) is 3. The molecule has 0 radical (unpaired) electrons. The number of benzene rings is 1. The van der Waals surface area contributed by atoms with Crippen LogP contribution in [0.5, 0.6) is 5.75 Å². The smallest absolute Gasteiger partial charge is 0.241 e. The third-order valence-electron chi connectivity index (χ3n) is 2.13. The van der Waals surface area contributed by atoms with Crippen LogP contribution in [0.1, 0.15) is 5.56 Å². The van der Waals surface area contributed by atoms with Crippen molar-refractivity contribution >= 4 is 12.0 Å². The summed E-state index contributed by atoms with van der Waals surface area (Å²) in [5.74, 6) is 0.374. The van der Waals surface area contributed by atoms with Gasteiger partial charge in [-0.25, -0.2) is 0 Å². The minimum Gasteiger partial charge on any atom is -0.492 e. The number of carbonyl (C=O) groups excluding carboxylic acids is 1. The molecule has 1 aromatic rings. The molecule has 0 atom stereocenters. The van der Waals surface area contributed by atoms with Crippen molar-refractivity contribution in [3.8, 4) is 5.75 Å². The van der Waals surface area contributed by atoms with E-state index < -0.39 is 5.91 Å². The van der Waals surface area contributed by atoms with Crippen molar-refractivity contribution in [2.45, 2.75) is 0 Å². The summed E-state index contributed by atoms with van der Waals surface area (Å²) in [5.41, 5.74) is 5.93. The van der Waals surface area contributed by atoms with E-state index >= 15 is 0 Å². The van der Waals surface area contributed by atoms with Crippen LogP contribution in [-0.4, -0.2) is 38.1 Å². The second kappa shape index (κ2) is 6.70. The average Bonchev–Trinajstić information content (AvgIpc) is 2.27. The van der Waals surface area contributed by atoms with E-state index in [1.807, 2.05) is 38.4 Å². The molecule has 4 nitrogen and oxygen atoms in total. The van der Waals surface area contributed by atoms with Gasteiger partial charge >= 0.3 is 0 Å². The van der Waals surface area contributed by atoms with E-state index in [1.165, 1.54) is 6.08 Å². The molecule has 1 amide bonds. The summed E-state index contributed by atoms with van der Waals surface area (Å²) in [6, 6.07) is 7.50. The predicted molar refractivity (Wildman–Crippen MR) is 68.7 cm³/mol. The molecule has 0 aliphatic heterocycles. The molecule has 0 spiro atoms. The molecule has 2 N–H and O–H groups in total. The first-order chi connectivity index (χ1) is 8.08. The van der Waals surface area contributed by atoms with E-state index in [4.69, 9.17) is 10.5 Å². The Morgan fingerprint density at radius 2 is 2.00 bits per heavy atom. The van der Waals surface area contributed by atoms with Crippen LogP contribution < -0.4 is 10.5 Å². The lowest BCUT2D eigenvalue weighted by Crippen LogP contribution is -2.19. The van der Waals surface area contributed by atoms with Gasteiger partial charge in [0.05, 0.1) is 0 Å². The monoisotopic (exact) mass is 234 g/mol. The Balaban J connectivity index is 2.47. The summed E-state index contributed by atoms with van der Waals surface area (Å²) in [4.78, 5) is 12.6. The maximum Gasteiger partial charge on any atom is 0.241 e. The Morgan fingerprint density at radius 3 is 2.53 bits per heavy atom. The van der Waals surface area contributed by atoms with Crippen LogP contribution in [0.4, 0.5) is 0 Å². The maximum atomic E-state index is 10.6. The first-order valence-corrected chi connectivity index (χ1v) is 5.43. The fraction of sp³-hybridized carbons (Fsp3) is 0.308. The van der Waals surface area contributed by atoms with Crippen molar-refractivity contribution in [3.63, 3.8) is 0 Å². The SMILES string of the molecule is CN(C)CCOc1ccc(C=CC(N)=O)cc1. The number of nitrogens with zero attached hydrogens (tertiary/aromatic N) is 1. The van der Waals surface area contributed by atoms with Crippen LogP contribution in [0.2, 0.25) is 0 Å². The second-order valence-electron chi connectivity index (χ2n) is 3.96. The van der Waals surface area contributed by atoms with Crippen molar-refractivity contribution in [2.24, 2.45) is 5.73 Å². The van der Waals surface area contributed by atoms with E-state index in [0.717, 1.165) is 17.9 Å².